The first kappa shape index (κ1) is 14.4. The second-order valence-electron chi connectivity index (χ2n) is 5.45. The molecule has 21 heavy (non-hydrogen) atoms. The van der Waals surface area contributed by atoms with Crippen molar-refractivity contribution in [1.29, 1.82) is 0 Å². The molecular weight excluding hydrogens is 286 g/mol. The molecule has 0 bridgehead atoms. The van der Waals surface area contributed by atoms with Crippen LogP contribution in [0.4, 0.5) is 5.82 Å². The van der Waals surface area contributed by atoms with Gasteiger partial charge < -0.3 is 16.0 Å². The van der Waals surface area contributed by atoms with Crippen molar-refractivity contribution in [1.82, 2.24) is 15.3 Å². The van der Waals surface area contributed by atoms with Crippen LogP contribution in [0, 0.1) is 5.41 Å². The summed E-state index contributed by atoms with van der Waals surface area (Å²) in [6, 6.07) is 3.96. The average Bonchev–Trinajstić information content (AvgIpc) is 3.13. The Balaban J connectivity index is 0.000000636. The van der Waals surface area contributed by atoms with Crippen LogP contribution in [-0.4, -0.2) is 49.5 Å². The number of thiazole rings is 1. The second kappa shape index (κ2) is 5.67. The lowest BCUT2D eigenvalue weighted by Gasteiger charge is -2.48. The molecule has 4 rings (SSSR count). The van der Waals surface area contributed by atoms with Gasteiger partial charge in [0.05, 0.1) is 0 Å². The highest BCUT2D eigenvalue weighted by molar-refractivity contribution is 7.19. The first-order chi connectivity index (χ1) is 10.3. The highest BCUT2D eigenvalue weighted by Crippen LogP contribution is 2.38. The van der Waals surface area contributed by atoms with Gasteiger partial charge in [0.25, 0.3) is 0 Å². The summed E-state index contributed by atoms with van der Waals surface area (Å²) in [6.45, 7) is 4.43. The molecule has 1 spiro atoms. The lowest BCUT2D eigenvalue weighted by atomic mass is 9.79. The number of fused-ring (bicyclic) bond motifs is 1. The highest BCUT2D eigenvalue weighted by atomic mass is 32.1. The molecule has 2 aliphatic rings. The summed E-state index contributed by atoms with van der Waals surface area (Å²) in [7, 11) is 1.50. The summed E-state index contributed by atoms with van der Waals surface area (Å²) in [5.74, 6) is 1.01. The second-order valence-corrected chi connectivity index (χ2v) is 6.46. The van der Waals surface area contributed by atoms with E-state index in [0.717, 1.165) is 48.6 Å². The van der Waals surface area contributed by atoms with Crippen LogP contribution in [0.15, 0.2) is 12.1 Å². The van der Waals surface area contributed by atoms with Gasteiger partial charge in [0.2, 0.25) is 0 Å². The van der Waals surface area contributed by atoms with E-state index in [2.05, 4.69) is 25.9 Å². The van der Waals surface area contributed by atoms with E-state index in [4.69, 9.17) is 0 Å². The van der Waals surface area contributed by atoms with Crippen LogP contribution in [0.2, 0.25) is 0 Å². The van der Waals surface area contributed by atoms with Crippen LogP contribution in [0.25, 0.3) is 10.3 Å². The third kappa shape index (κ3) is 2.52. The van der Waals surface area contributed by atoms with Gasteiger partial charge in [-0.25, -0.2) is 9.97 Å². The maximum absolute atomic E-state index is 10.7. The third-order valence-electron chi connectivity index (χ3n) is 4.07. The number of hydrogen-bond acceptors (Lipinski definition) is 7. The Hall–Kier alpha value is -1.57. The number of aromatic nitrogens is 2. The minimum absolute atomic E-state index is 0.471. The topological polar surface area (TPSA) is 84.1 Å². The number of carbonyl (C=O) groups excluding carboxylic acids is 1. The standard InChI is InChI=1S/C13H14N4OS.CH5N/c18-5-11-15-9-1-2-10(16-12(9)19-11)17-7-13(8-17)3-4-14-6-13;1-2/h1-2,5,14H,3-4,6-8H2;2H2,1H3. The number of hydrogen-bond donors (Lipinski definition) is 2. The van der Waals surface area contributed by atoms with Crippen molar-refractivity contribution in [2.75, 3.05) is 38.1 Å². The maximum atomic E-state index is 10.7. The van der Waals surface area contributed by atoms with Crippen molar-refractivity contribution >= 4 is 33.8 Å². The van der Waals surface area contributed by atoms with Crippen molar-refractivity contribution in [3.05, 3.63) is 17.1 Å². The molecule has 0 unspecified atom stereocenters. The van der Waals surface area contributed by atoms with E-state index >= 15 is 0 Å². The van der Waals surface area contributed by atoms with Gasteiger partial charge in [-0.3, -0.25) is 4.79 Å². The zero-order chi connectivity index (χ0) is 14.9. The van der Waals surface area contributed by atoms with Crippen LogP contribution in [0.3, 0.4) is 0 Å². The predicted octanol–water partition coefficient (Wildman–Crippen LogP) is 0.878. The van der Waals surface area contributed by atoms with Crippen molar-refractivity contribution < 1.29 is 4.79 Å². The van der Waals surface area contributed by atoms with Crippen molar-refractivity contribution in [3.8, 4) is 0 Å². The molecule has 0 amide bonds. The van der Waals surface area contributed by atoms with Crippen molar-refractivity contribution in [2.45, 2.75) is 6.42 Å². The number of nitrogens with two attached hydrogens (primary N) is 1. The van der Waals surface area contributed by atoms with Gasteiger partial charge in [-0.15, -0.1) is 0 Å². The van der Waals surface area contributed by atoms with Crippen LogP contribution in [0.5, 0.6) is 0 Å². The zero-order valence-corrected chi connectivity index (χ0v) is 12.8. The molecular formula is C14H19N5OS. The zero-order valence-electron chi connectivity index (χ0n) is 12.0. The van der Waals surface area contributed by atoms with Crippen LogP contribution >= 0.6 is 11.3 Å². The van der Waals surface area contributed by atoms with Crippen LogP contribution in [-0.2, 0) is 0 Å². The minimum Gasteiger partial charge on any atom is -0.355 e. The monoisotopic (exact) mass is 305 g/mol. The van der Waals surface area contributed by atoms with Gasteiger partial charge in [0.15, 0.2) is 11.3 Å². The van der Waals surface area contributed by atoms with Gasteiger partial charge >= 0.3 is 0 Å². The predicted molar refractivity (Wildman–Crippen MR) is 85.0 cm³/mol. The first-order valence-corrected chi connectivity index (χ1v) is 7.86. The normalized spacial score (nSPS) is 19.2. The average molecular weight is 305 g/mol. The van der Waals surface area contributed by atoms with Crippen LogP contribution < -0.4 is 16.0 Å². The van der Waals surface area contributed by atoms with E-state index in [1.165, 1.54) is 24.8 Å². The van der Waals surface area contributed by atoms with Gasteiger partial charge in [0, 0.05) is 25.0 Å². The molecule has 6 nitrogen and oxygen atoms in total. The lowest BCUT2D eigenvalue weighted by Crippen LogP contribution is -2.57. The van der Waals surface area contributed by atoms with E-state index < -0.39 is 0 Å². The number of pyridine rings is 1. The molecule has 0 saturated carbocycles. The van der Waals surface area contributed by atoms with E-state index in [-0.39, 0.29) is 0 Å². The maximum Gasteiger partial charge on any atom is 0.178 e. The minimum atomic E-state index is 0.471. The SMILES string of the molecule is CN.O=Cc1nc2ccc(N3CC4(CCNC4)C3)nc2s1. The Morgan fingerprint density at radius 3 is 2.86 bits per heavy atom. The van der Waals surface area contributed by atoms with E-state index in [1.54, 1.807) is 0 Å². The Kier molecular flexibility index (Phi) is 3.88. The number of nitrogens with one attached hydrogen (secondary N) is 1. The van der Waals surface area contributed by atoms with E-state index in [1.807, 2.05) is 12.1 Å². The number of rotatable bonds is 2. The molecule has 4 heterocycles. The largest absolute Gasteiger partial charge is 0.355 e. The van der Waals surface area contributed by atoms with E-state index in [0.29, 0.717) is 10.4 Å². The summed E-state index contributed by atoms with van der Waals surface area (Å²) in [4.78, 5) is 22.7. The number of carbonyl (C=O) groups is 1. The fourth-order valence-corrected chi connectivity index (χ4v) is 3.79. The quantitative estimate of drug-likeness (QED) is 0.801. The summed E-state index contributed by atoms with van der Waals surface area (Å²) in [6.07, 6.45) is 2.05. The Labute approximate surface area is 127 Å². The molecule has 0 radical (unpaired) electrons. The Morgan fingerprint density at radius 2 is 2.19 bits per heavy atom. The van der Waals surface area contributed by atoms with Gasteiger partial charge in [-0.2, -0.15) is 0 Å². The fourth-order valence-electron chi connectivity index (χ4n) is 3.04. The smallest absolute Gasteiger partial charge is 0.178 e. The van der Waals surface area contributed by atoms with E-state index in [9.17, 15) is 4.79 Å². The Bertz CT molecular complexity index is 642. The Morgan fingerprint density at radius 1 is 1.38 bits per heavy atom. The summed E-state index contributed by atoms with van der Waals surface area (Å²) in [5, 5.41) is 3.93. The molecule has 112 valence electrons. The summed E-state index contributed by atoms with van der Waals surface area (Å²) < 4.78 is 0. The molecule has 0 atom stereocenters. The van der Waals surface area contributed by atoms with Gasteiger partial charge in [-0.05, 0) is 32.1 Å². The molecule has 2 aromatic rings. The molecule has 7 heteroatoms. The summed E-state index contributed by atoms with van der Waals surface area (Å²) in [5.41, 5.74) is 5.78. The molecule has 3 N–H and O–H groups in total. The van der Waals surface area contributed by atoms with Crippen LogP contribution in [0.1, 0.15) is 16.2 Å². The molecule has 2 aliphatic heterocycles. The highest BCUT2D eigenvalue weighted by Gasteiger charge is 2.45. The molecule has 2 aromatic heterocycles. The number of anilines is 1. The van der Waals surface area contributed by atoms with Crippen molar-refractivity contribution in [3.63, 3.8) is 0 Å². The fraction of sp³-hybridized carbons (Fsp3) is 0.500. The van der Waals surface area contributed by atoms with Gasteiger partial charge in [0.1, 0.15) is 16.2 Å². The third-order valence-corrected chi connectivity index (χ3v) is 4.96. The summed E-state index contributed by atoms with van der Waals surface area (Å²) >= 11 is 1.36. The molecule has 0 aliphatic carbocycles. The molecule has 2 fully saturated rings. The number of aldehydes is 1. The lowest BCUT2D eigenvalue weighted by molar-refractivity contribution is 0.112. The molecule has 0 aromatic carbocycles. The molecule has 2 saturated heterocycles. The van der Waals surface area contributed by atoms with Crippen molar-refractivity contribution in [2.24, 2.45) is 11.1 Å². The van der Waals surface area contributed by atoms with Gasteiger partial charge in [-0.1, -0.05) is 11.3 Å². The number of nitrogens with zero attached hydrogens (tertiary/aromatic N) is 3. The first-order valence-electron chi connectivity index (χ1n) is 7.04.